The molecule has 27 heavy (non-hydrogen) atoms. The van der Waals surface area contributed by atoms with Gasteiger partial charge in [0.15, 0.2) is 11.6 Å². The molecule has 0 saturated carbocycles. The summed E-state index contributed by atoms with van der Waals surface area (Å²) in [7, 11) is 0. The molecule has 0 unspecified atom stereocenters. The van der Waals surface area contributed by atoms with Crippen LogP contribution in [0.3, 0.4) is 0 Å². The minimum absolute atomic E-state index is 0.261. The first-order valence-electron chi connectivity index (χ1n) is 7.86. The molecule has 0 atom stereocenters. The van der Waals surface area contributed by atoms with Crippen molar-refractivity contribution in [3.63, 3.8) is 0 Å². The van der Waals surface area contributed by atoms with E-state index in [1.165, 1.54) is 12.1 Å². The quantitative estimate of drug-likeness (QED) is 0.683. The summed E-state index contributed by atoms with van der Waals surface area (Å²) in [4.78, 5) is 30.8. The van der Waals surface area contributed by atoms with Crippen LogP contribution in [0.5, 0.6) is 0 Å². The van der Waals surface area contributed by atoms with Crippen LogP contribution in [0.4, 0.5) is 20.3 Å². The van der Waals surface area contributed by atoms with Crippen LogP contribution in [-0.2, 0) is 4.79 Å². The van der Waals surface area contributed by atoms with Gasteiger partial charge in [0.25, 0.3) is 5.91 Å². The molecule has 0 aliphatic carbocycles. The first-order chi connectivity index (χ1) is 13.0. The highest BCUT2D eigenvalue weighted by atomic mass is 32.1. The molecule has 0 radical (unpaired) electrons. The molecule has 1 amide bonds. The molecule has 3 aromatic rings. The van der Waals surface area contributed by atoms with Gasteiger partial charge in [-0.15, -0.1) is 0 Å². The third-order valence-corrected chi connectivity index (χ3v) is 4.70. The molecule has 0 bridgehead atoms. The summed E-state index contributed by atoms with van der Waals surface area (Å²) in [5.41, 5.74) is 0.578. The van der Waals surface area contributed by atoms with Crippen molar-refractivity contribution >= 4 is 40.9 Å². The van der Waals surface area contributed by atoms with E-state index in [4.69, 9.17) is 0 Å². The van der Waals surface area contributed by atoms with Gasteiger partial charge in [0, 0.05) is 22.5 Å². The maximum Gasteiger partial charge on any atom is 0.306 e. The Bertz CT molecular complexity index is 1270. The van der Waals surface area contributed by atoms with Crippen LogP contribution >= 0.6 is 11.3 Å². The van der Waals surface area contributed by atoms with Gasteiger partial charge in [0.1, 0.15) is 5.82 Å². The fourth-order valence-corrected chi connectivity index (χ4v) is 3.35. The van der Waals surface area contributed by atoms with Gasteiger partial charge in [0.05, 0.1) is 10.2 Å². The molecule has 2 heterocycles. The lowest BCUT2D eigenvalue weighted by molar-refractivity contribution is -0.114. The summed E-state index contributed by atoms with van der Waals surface area (Å²) < 4.78 is 26.5. The van der Waals surface area contributed by atoms with Crippen LogP contribution in [0.2, 0.25) is 0 Å². The van der Waals surface area contributed by atoms with E-state index in [2.05, 4.69) is 15.3 Å². The van der Waals surface area contributed by atoms with Crippen molar-refractivity contribution in [2.24, 2.45) is 4.99 Å². The van der Waals surface area contributed by atoms with E-state index >= 15 is 0 Å². The number of halogens is 2. The molecule has 134 valence electrons. The number of hydrogen-bond donors (Lipinski definition) is 2. The number of anilines is 2. The number of amides is 1. The maximum atomic E-state index is 13.4. The number of aromatic amines is 1. The molecule has 1 aromatic heterocycles. The van der Waals surface area contributed by atoms with E-state index in [1.54, 1.807) is 18.2 Å². The number of nitrogens with zero attached hydrogens (tertiary/aromatic N) is 1. The Morgan fingerprint density at radius 3 is 2.70 bits per heavy atom. The molecular formula is C19H11F2N3O2S. The topological polar surface area (TPSA) is 74.3 Å². The van der Waals surface area contributed by atoms with Gasteiger partial charge in [-0.2, -0.15) is 0 Å². The van der Waals surface area contributed by atoms with Gasteiger partial charge < -0.3 is 5.32 Å². The molecule has 4 rings (SSSR count). The molecule has 2 N–H and O–H groups in total. The molecule has 2 aromatic carbocycles. The predicted molar refractivity (Wildman–Crippen MR) is 99.3 cm³/mol. The van der Waals surface area contributed by atoms with Gasteiger partial charge in [-0.3, -0.25) is 14.6 Å². The second kappa shape index (κ2) is 6.73. The third kappa shape index (κ3) is 3.47. The number of carbonyl (C=O) groups excluding carboxylic acids is 1. The van der Waals surface area contributed by atoms with Crippen LogP contribution in [-0.4, -0.2) is 10.9 Å². The Hall–Kier alpha value is -3.39. The Labute approximate surface area is 155 Å². The van der Waals surface area contributed by atoms with Crippen molar-refractivity contribution in [2.75, 3.05) is 5.32 Å². The van der Waals surface area contributed by atoms with Crippen molar-refractivity contribution in [3.05, 3.63) is 84.8 Å². The average Bonchev–Trinajstić information content (AvgIpc) is 2.98. The minimum Gasteiger partial charge on any atom is -0.340 e. The molecule has 5 nitrogen and oxygen atoms in total. The standard InChI is InChI=1S/C19H11F2N3O2S/c20-13-6-5-12(9-14(13)21)22-17-16(27-19(26)24-17)8-11-7-10-3-1-2-4-15(10)23-18(11)25/h1-9,22H,(H,24,26)/b11-8+. The second-order valence-corrected chi connectivity index (χ2v) is 6.74. The smallest absolute Gasteiger partial charge is 0.306 e. The minimum atomic E-state index is -1.01. The number of H-pyrrole nitrogens is 1. The van der Waals surface area contributed by atoms with Crippen LogP contribution < -0.4 is 20.8 Å². The maximum absolute atomic E-state index is 13.4. The number of fused-ring (bicyclic) bond motifs is 1. The van der Waals surface area contributed by atoms with Crippen molar-refractivity contribution in [1.82, 2.24) is 4.98 Å². The zero-order chi connectivity index (χ0) is 19.0. The molecule has 1 aliphatic heterocycles. The molecule has 0 fully saturated rings. The first kappa shape index (κ1) is 17.0. The van der Waals surface area contributed by atoms with E-state index in [0.717, 1.165) is 28.7 Å². The lowest BCUT2D eigenvalue weighted by atomic mass is 10.1. The highest BCUT2D eigenvalue weighted by Crippen LogP contribution is 2.25. The summed E-state index contributed by atoms with van der Waals surface area (Å²) in [6, 6.07) is 10.5. The SMILES string of the molecule is O=C1N=c2ccccc2=C/C1=C\c1sc(=O)[nH]c1Nc1ccc(F)c(F)c1. The highest BCUT2D eigenvalue weighted by Gasteiger charge is 2.14. The summed E-state index contributed by atoms with van der Waals surface area (Å²) in [5, 5.41) is 4.21. The van der Waals surface area contributed by atoms with E-state index in [9.17, 15) is 18.4 Å². The average molecular weight is 383 g/mol. The monoisotopic (exact) mass is 383 g/mol. The van der Waals surface area contributed by atoms with Gasteiger partial charge in [-0.05, 0) is 30.4 Å². The number of thiazole rings is 1. The van der Waals surface area contributed by atoms with Crippen LogP contribution in [0, 0.1) is 11.6 Å². The van der Waals surface area contributed by atoms with E-state index in [1.807, 2.05) is 12.1 Å². The summed E-state index contributed by atoms with van der Waals surface area (Å²) in [5.74, 6) is -2.12. The Kier molecular flexibility index (Phi) is 4.25. The number of aromatic nitrogens is 1. The van der Waals surface area contributed by atoms with E-state index in [-0.39, 0.29) is 16.4 Å². The molecule has 1 aliphatic rings. The zero-order valence-electron chi connectivity index (χ0n) is 13.6. The zero-order valence-corrected chi connectivity index (χ0v) is 14.4. The van der Waals surface area contributed by atoms with Crippen LogP contribution in [0.1, 0.15) is 4.88 Å². The van der Waals surface area contributed by atoms with Gasteiger partial charge in [-0.1, -0.05) is 29.5 Å². The number of para-hydroxylation sites is 1. The highest BCUT2D eigenvalue weighted by molar-refractivity contribution is 7.10. The molecular weight excluding hydrogens is 372 g/mol. The Balaban J connectivity index is 1.74. The second-order valence-electron chi connectivity index (χ2n) is 5.73. The summed E-state index contributed by atoms with van der Waals surface area (Å²) >= 11 is 0.886. The van der Waals surface area contributed by atoms with Crippen molar-refractivity contribution in [1.29, 1.82) is 0 Å². The first-order valence-corrected chi connectivity index (χ1v) is 8.68. The van der Waals surface area contributed by atoms with Crippen molar-refractivity contribution in [2.45, 2.75) is 0 Å². The summed E-state index contributed by atoms with van der Waals surface area (Å²) in [6.07, 6.45) is 3.22. The van der Waals surface area contributed by atoms with Crippen LogP contribution in [0.25, 0.3) is 12.2 Å². The molecule has 0 spiro atoms. The predicted octanol–water partition coefficient (Wildman–Crippen LogP) is 2.48. The molecule has 0 saturated heterocycles. The number of hydrogen-bond acceptors (Lipinski definition) is 4. The van der Waals surface area contributed by atoms with E-state index < -0.39 is 17.5 Å². The third-order valence-electron chi connectivity index (χ3n) is 3.87. The fourth-order valence-electron chi connectivity index (χ4n) is 2.61. The van der Waals surface area contributed by atoms with Crippen LogP contribution in [0.15, 0.2) is 57.8 Å². The number of rotatable bonds is 3. The molecule has 8 heteroatoms. The lowest BCUT2D eigenvalue weighted by Crippen LogP contribution is -2.29. The van der Waals surface area contributed by atoms with Gasteiger partial charge >= 0.3 is 4.87 Å². The summed E-state index contributed by atoms with van der Waals surface area (Å²) in [6.45, 7) is 0. The number of carbonyl (C=O) groups is 1. The van der Waals surface area contributed by atoms with Crippen molar-refractivity contribution in [3.8, 4) is 0 Å². The van der Waals surface area contributed by atoms with Gasteiger partial charge in [0.2, 0.25) is 0 Å². The van der Waals surface area contributed by atoms with E-state index in [0.29, 0.717) is 15.8 Å². The van der Waals surface area contributed by atoms with Crippen molar-refractivity contribution < 1.29 is 13.6 Å². The Morgan fingerprint density at radius 1 is 1.07 bits per heavy atom. The normalized spacial score (nSPS) is 14.4. The fraction of sp³-hybridized carbons (Fsp3) is 0. The largest absolute Gasteiger partial charge is 0.340 e. The number of nitrogens with one attached hydrogen (secondary N) is 2. The lowest BCUT2D eigenvalue weighted by Gasteiger charge is -2.07. The Morgan fingerprint density at radius 2 is 1.89 bits per heavy atom. The number of benzene rings is 2. The van der Waals surface area contributed by atoms with Gasteiger partial charge in [-0.25, -0.2) is 13.8 Å².